The summed E-state index contributed by atoms with van der Waals surface area (Å²) in [6.07, 6.45) is 2.70. The van der Waals surface area contributed by atoms with Crippen molar-refractivity contribution in [3.05, 3.63) is 29.5 Å². The van der Waals surface area contributed by atoms with Crippen molar-refractivity contribution in [1.29, 1.82) is 0 Å². The molecule has 0 aliphatic rings. The van der Waals surface area contributed by atoms with E-state index in [4.69, 9.17) is 11.6 Å². The van der Waals surface area contributed by atoms with Crippen LogP contribution in [0.1, 0.15) is 20.3 Å². The Morgan fingerprint density at radius 1 is 1.30 bits per heavy atom. The highest BCUT2D eigenvalue weighted by Crippen LogP contribution is 2.29. The number of nitrogens with one attached hydrogen (secondary N) is 2. The lowest BCUT2D eigenvalue weighted by Crippen LogP contribution is -2.06. The third-order valence-corrected chi connectivity index (χ3v) is 3.59. The zero-order valence-corrected chi connectivity index (χ0v) is 12.3. The summed E-state index contributed by atoms with van der Waals surface area (Å²) in [4.78, 5) is 12.1. The first-order valence-electron chi connectivity index (χ1n) is 6.81. The maximum atomic E-state index is 6.06. The van der Waals surface area contributed by atoms with E-state index in [1.54, 1.807) is 6.33 Å². The summed E-state index contributed by atoms with van der Waals surface area (Å²) < 4.78 is 0. The fraction of sp³-hybridized carbons (Fsp3) is 0.333. The zero-order valence-electron chi connectivity index (χ0n) is 11.6. The highest BCUT2D eigenvalue weighted by molar-refractivity contribution is 6.31. The first kappa shape index (κ1) is 13.2. The molecule has 0 unspecified atom stereocenters. The Bertz CT molecular complexity index is 748. The van der Waals surface area contributed by atoms with Crippen LogP contribution in [0.3, 0.4) is 0 Å². The molecule has 0 bridgehead atoms. The number of aromatic nitrogens is 3. The van der Waals surface area contributed by atoms with Crippen LogP contribution < -0.4 is 5.32 Å². The van der Waals surface area contributed by atoms with Gasteiger partial charge in [0, 0.05) is 22.5 Å². The van der Waals surface area contributed by atoms with Crippen molar-refractivity contribution in [3.8, 4) is 0 Å². The van der Waals surface area contributed by atoms with Crippen molar-refractivity contribution in [3.63, 3.8) is 0 Å². The minimum absolute atomic E-state index is 0.668. The second-order valence-electron chi connectivity index (χ2n) is 5.37. The second-order valence-corrected chi connectivity index (χ2v) is 5.81. The van der Waals surface area contributed by atoms with Crippen LogP contribution in [-0.2, 0) is 0 Å². The molecule has 104 valence electrons. The topological polar surface area (TPSA) is 53.6 Å². The minimum atomic E-state index is 0.668. The Morgan fingerprint density at radius 2 is 2.15 bits per heavy atom. The summed E-state index contributed by atoms with van der Waals surface area (Å²) >= 11 is 6.06. The van der Waals surface area contributed by atoms with Gasteiger partial charge in [0.1, 0.15) is 17.4 Å². The van der Waals surface area contributed by atoms with Crippen molar-refractivity contribution in [2.24, 2.45) is 5.92 Å². The first-order chi connectivity index (χ1) is 9.65. The van der Waals surface area contributed by atoms with Crippen LogP contribution in [0.4, 0.5) is 5.82 Å². The molecule has 0 aliphatic heterocycles. The predicted octanol–water partition coefficient (Wildman–Crippen LogP) is 4.22. The summed E-state index contributed by atoms with van der Waals surface area (Å²) in [5, 5.41) is 5.12. The fourth-order valence-electron chi connectivity index (χ4n) is 2.28. The minimum Gasteiger partial charge on any atom is -0.368 e. The van der Waals surface area contributed by atoms with E-state index in [0.717, 1.165) is 40.7 Å². The van der Waals surface area contributed by atoms with E-state index in [2.05, 4.69) is 34.1 Å². The van der Waals surface area contributed by atoms with Crippen LogP contribution in [0, 0.1) is 5.92 Å². The molecule has 0 atom stereocenters. The number of anilines is 1. The van der Waals surface area contributed by atoms with Gasteiger partial charge in [-0.1, -0.05) is 25.4 Å². The van der Waals surface area contributed by atoms with Crippen molar-refractivity contribution < 1.29 is 0 Å². The average Bonchev–Trinajstić information content (AvgIpc) is 2.77. The van der Waals surface area contributed by atoms with Gasteiger partial charge in [-0.05, 0) is 30.5 Å². The molecule has 0 saturated carbocycles. The number of benzene rings is 1. The van der Waals surface area contributed by atoms with Crippen LogP contribution >= 0.6 is 11.6 Å². The van der Waals surface area contributed by atoms with Crippen LogP contribution in [0.2, 0.25) is 5.02 Å². The summed E-state index contributed by atoms with van der Waals surface area (Å²) in [6.45, 7) is 5.32. The predicted molar refractivity (Wildman–Crippen MR) is 84.3 cm³/mol. The number of H-pyrrole nitrogens is 1. The quantitative estimate of drug-likeness (QED) is 0.755. The van der Waals surface area contributed by atoms with Gasteiger partial charge in [0.2, 0.25) is 0 Å². The molecule has 3 rings (SSSR count). The van der Waals surface area contributed by atoms with Gasteiger partial charge in [-0.2, -0.15) is 0 Å². The molecule has 0 aliphatic carbocycles. The SMILES string of the molecule is CC(C)CCNc1ncnc2c1[nH]c1ccc(Cl)cc12. The van der Waals surface area contributed by atoms with Crippen molar-refractivity contribution in [1.82, 2.24) is 15.0 Å². The van der Waals surface area contributed by atoms with Crippen molar-refractivity contribution >= 4 is 39.4 Å². The Hall–Kier alpha value is -1.81. The molecule has 5 heteroatoms. The molecule has 2 N–H and O–H groups in total. The molecule has 0 fully saturated rings. The summed E-state index contributed by atoms with van der Waals surface area (Å²) in [5.74, 6) is 1.52. The first-order valence-corrected chi connectivity index (χ1v) is 7.19. The monoisotopic (exact) mass is 288 g/mol. The average molecular weight is 289 g/mol. The number of halogens is 1. The molecule has 0 amide bonds. The summed E-state index contributed by atoms with van der Waals surface area (Å²) in [6, 6.07) is 5.77. The van der Waals surface area contributed by atoms with Crippen LogP contribution in [0.25, 0.3) is 21.9 Å². The molecule has 20 heavy (non-hydrogen) atoms. The Balaban J connectivity index is 2.03. The van der Waals surface area contributed by atoms with Gasteiger partial charge in [-0.15, -0.1) is 0 Å². The molecule has 3 aromatic rings. The smallest absolute Gasteiger partial charge is 0.153 e. The Labute approximate surface area is 122 Å². The maximum Gasteiger partial charge on any atom is 0.153 e. The van der Waals surface area contributed by atoms with Gasteiger partial charge < -0.3 is 10.3 Å². The van der Waals surface area contributed by atoms with E-state index in [1.807, 2.05) is 18.2 Å². The van der Waals surface area contributed by atoms with Gasteiger partial charge in [0.25, 0.3) is 0 Å². The molecule has 0 spiro atoms. The number of hydrogen-bond donors (Lipinski definition) is 2. The standard InChI is InChI=1S/C15H17ClN4/c1-9(2)5-6-17-15-14-13(18-8-19-15)11-7-10(16)3-4-12(11)20-14/h3-4,7-9,20H,5-6H2,1-2H3,(H,17,18,19). The molecule has 0 radical (unpaired) electrons. The third kappa shape index (κ3) is 2.43. The highest BCUT2D eigenvalue weighted by atomic mass is 35.5. The fourth-order valence-corrected chi connectivity index (χ4v) is 2.45. The summed E-state index contributed by atoms with van der Waals surface area (Å²) in [5.41, 5.74) is 2.87. The summed E-state index contributed by atoms with van der Waals surface area (Å²) in [7, 11) is 0. The van der Waals surface area contributed by atoms with E-state index in [-0.39, 0.29) is 0 Å². The van der Waals surface area contributed by atoms with Crippen molar-refractivity contribution in [2.45, 2.75) is 20.3 Å². The molecule has 0 saturated heterocycles. The highest BCUT2D eigenvalue weighted by Gasteiger charge is 2.10. The van der Waals surface area contributed by atoms with Gasteiger partial charge in [-0.25, -0.2) is 9.97 Å². The Morgan fingerprint density at radius 3 is 2.95 bits per heavy atom. The van der Waals surface area contributed by atoms with E-state index in [1.165, 1.54) is 0 Å². The zero-order chi connectivity index (χ0) is 14.1. The van der Waals surface area contributed by atoms with Crippen molar-refractivity contribution in [2.75, 3.05) is 11.9 Å². The van der Waals surface area contributed by atoms with Crippen LogP contribution in [0.5, 0.6) is 0 Å². The molecule has 2 heterocycles. The number of fused-ring (bicyclic) bond motifs is 3. The number of aromatic amines is 1. The van der Waals surface area contributed by atoms with Crippen LogP contribution in [0.15, 0.2) is 24.5 Å². The third-order valence-electron chi connectivity index (χ3n) is 3.36. The van der Waals surface area contributed by atoms with Crippen LogP contribution in [-0.4, -0.2) is 21.5 Å². The lowest BCUT2D eigenvalue weighted by molar-refractivity contribution is 0.607. The lowest BCUT2D eigenvalue weighted by Gasteiger charge is -2.07. The molecule has 4 nitrogen and oxygen atoms in total. The number of nitrogens with zero attached hydrogens (tertiary/aromatic N) is 2. The lowest BCUT2D eigenvalue weighted by atomic mass is 10.1. The van der Waals surface area contributed by atoms with E-state index in [0.29, 0.717) is 10.9 Å². The molecule has 1 aromatic carbocycles. The number of rotatable bonds is 4. The van der Waals surface area contributed by atoms with E-state index >= 15 is 0 Å². The molecule has 2 aromatic heterocycles. The molecular weight excluding hydrogens is 272 g/mol. The van der Waals surface area contributed by atoms with Gasteiger partial charge in [-0.3, -0.25) is 0 Å². The number of hydrogen-bond acceptors (Lipinski definition) is 3. The second kappa shape index (κ2) is 5.29. The maximum absolute atomic E-state index is 6.06. The Kier molecular flexibility index (Phi) is 3.49. The van der Waals surface area contributed by atoms with E-state index < -0.39 is 0 Å². The largest absolute Gasteiger partial charge is 0.368 e. The van der Waals surface area contributed by atoms with Gasteiger partial charge in [0.15, 0.2) is 5.82 Å². The van der Waals surface area contributed by atoms with Gasteiger partial charge in [0.05, 0.1) is 0 Å². The van der Waals surface area contributed by atoms with E-state index in [9.17, 15) is 0 Å². The normalized spacial score (nSPS) is 11.6. The molecular formula is C15H17ClN4. The van der Waals surface area contributed by atoms with Gasteiger partial charge >= 0.3 is 0 Å².